The Morgan fingerprint density at radius 2 is 2.25 bits per heavy atom. The van der Waals surface area contributed by atoms with Gasteiger partial charge >= 0.3 is 11.9 Å². The monoisotopic (exact) mass is 241 g/mol. The van der Waals surface area contributed by atoms with Crippen molar-refractivity contribution in [2.24, 2.45) is 0 Å². The second kappa shape index (κ2) is 6.12. The molecule has 1 N–H and O–H groups in total. The lowest BCUT2D eigenvalue weighted by Crippen LogP contribution is -2.05. The first-order valence-electron chi connectivity index (χ1n) is 4.47. The van der Waals surface area contributed by atoms with E-state index in [4.69, 9.17) is 5.11 Å². The van der Waals surface area contributed by atoms with Gasteiger partial charge in [0, 0.05) is 5.75 Å². The number of ether oxygens (including phenoxy) is 1. The fourth-order valence-corrected chi connectivity index (χ4v) is 1.67. The number of carboxylic acid groups (broad SMARTS) is 1. The zero-order valence-electron chi connectivity index (χ0n) is 8.67. The van der Waals surface area contributed by atoms with E-state index in [0.29, 0.717) is 11.4 Å². The fourth-order valence-electron chi connectivity index (χ4n) is 1.02. The molecule has 1 heterocycles. The number of hydrogen-bond acceptors (Lipinski definition) is 5. The number of aromatic nitrogens is 1. The zero-order chi connectivity index (χ0) is 12.0. The summed E-state index contributed by atoms with van der Waals surface area (Å²) in [6.07, 6.45) is 0. The van der Waals surface area contributed by atoms with Crippen LogP contribution in [-0.2, 0) is 15.3 Å². The first kappa shape index (κ1) is 12.5. The van der Waals surface area contributed by atoms with Gasteiger partial charge in [0.2, 0.25) is 0 Å². The summed E-state index contributed by atoms with van der Waals surface area (Å²) in [6, 6.07) is 4.98. The van der Waals surface area contributed by atoms with Crippen LogP contribution in [0.2, 0.25) is 0 Å². The highest BCUT2D eigenvalue weighted by Crippen LogP contribution is 2.10. The molecule has 16 heavy (non-hydrogen) atoms. The Kier molecular flexibility index (Phi) is 4.78. The maximum atomic E-state index is 11.2. The van der Waals surface area contributed by atoms with E-state index in [9.17, 15) is 9.59 Å². The maximum Gasteiger partial charge on any atom is 0.356 e. The molecule has 1 rings (SSSR count). The molecule has 0 spiro atoms. The number of methoxy groups -OCH3 is 1. The number of nitrogens with zero attached hydrogens (tertiary/aromatic N) is 1. The van der Waals surface area contributed by atoms with E-state index in [1.165, 1.54) is 18.9 Å². The van der Waals surface area contributed by atoms with Gasteiger partial charge in [0.05, 0.1) is 18.6 Å². The lowest BCUT2D eigenvalue weighted by Gasteiger charge is -2.02. The summed E-state index contributed by atoms with van der Waals surface area (Å²) in [5, 5.41) is 8.46. The van der Waals surface area contributed by atoms with Crippen molar-refractivity contribution in [2.75, 3.05) is 12.9 Å². The molecular formula is C10H11NO4S. The Morgan fingerprint density at radius 3 is 2.88 bits per heavy atom. The average molecular weight is 241 g/mol. The predicted molar refractivity (Wildman–Crippen MR) is 59.4 cm³/mol. The zero-order valence-corrected chi connectivity index (χ0v) is 9.49. The van der Waals surface area contributed by atoms with Crippen LogP contribution in [0.3, 0.4) is 0 Å². The van der Waals surface area contributed by atoms with Crippen LogP contribution in [0.4, 0.5) is 0 Å². The molecule has 0 bridgehead atoms. The summed E-state index contributed by atoms with van der Waals surface area (Å²) in [5.41, 5.74) is 0.894. The van der Waals surface area contributed by atoms with Crippen molar-refractivity contribution >= 4 is 23.7 Å². The molecule has 0 aliphatic rings. The van der Waals surface area contributed by atoms with Gasteiger partial charge in [-0.15, -0.1) is 11.8 Å². The number of esters is 1. The van der Waals surface area contributed by atoms with Gasteiger partial charge in [-0.2, -0.15) is 0 Å². The van der Waals surface area contributed by atoms with E-state index in [0.717, 1.165) is 0 Å². The average Bonchev–Trinajstić information content (AvgIpc) is 2.28. The molecule has 1 aromatic heterocycles. The molecule has 6 heteroatoms. The molecule has 0 saturated carbocycles. The van der Waals surface area contributed by atoms with Crippen LogP contribution in [0.25, 0.3) is 0 Å². The molecule has 0 unspecified atom stereocenters. The van der Waals surface area contributed by atoms with E-state index in [-0.39, 0.29) is 11.4 Å². The van der Waals surface area contributed by atoms with Crippen molar-refractivity contribution in [3.8, 4) is 0 Å². The molecule has 0 fully saturated rings. The molecule has 1 aromatic rings. The Morgan fingerprint density at radius 1 is 1.50 bits per heavy atom. The summed E-state index contributed by atoms with van der Waals surface area (Å²) in [4.78, 5) is 25.5. The molecule has 0 saturated heterocycles. The highest BCUT2D eigenvalue weighted by molar-refractivity contribution is 7.99. The number of rotatable bonds is 5. The van der Waals surface area contributed by atoms with Crippen LogP contribution in [0.15, 0.2) is 18.2 Å². The molecule has 5 nitrogen and oxygen atoms in total. The Hall–Kier alpha value is -1.56. The number of carboxylic acids is 1. The van der Waals surface area contributed by atoms with Crippen molar-refractivity contribution in [2.45, 2.75) is 5.75 Å². The van der Waals surface area contributed by atoms with Crippen molar-refractivity contribution in [1.29, 1.82) is 0 Å². The summed E-state index contributed by atoms with van der Waals surface area (Å²) in [6.45, 7) is 0. The topological polar surface area (TPSA) is 76.5 Å². The lowest BCUT2D eigenvalue weighted by atomic mass is 10.3. The van der Waals surface area contributed by atoms with Gasteiger partial charge < -0.3 is 9.84 Å². The molecule has 0 radical (unpaired) electrons. The lowest BCUT2D eigenvalue weighted by molar-refractivity contribution is -0.133. The van der Waals surface area contributed by atoms with Crippen LogP contribution >= 0.6 is 11.8 Å². The van der Waals surface area contributed by atoms with E-state index >= 15 is 0 Å². The van der Waals surface area contributed by atoms with Crippen LogP contribution in [0.1, 0.15) is 16.2 Å². The number of pyridine rings is 1. The van der Waals surface area contributed by atoms with Gasteiger partial charge in [-0.1, -0.05) is 6.07 Å². The largest absolute Gasteiger partial charge is 0.481 e. The van der Waals surface area contributed by atoms with Gasteiger partial charge in [-0.05, 0) is 12.1 Å². The highest BCUT2D eigenvalue weighted by Gasteiger charge is 2.07. The minimum absolute atomic E-state index is 0.0180. The van der Waals surface area contributed by atoms with Crippen LogP contribution in [0.5, 0.6) is 0 Å². The fraction of sp³-hybridized carbons (Fsp3) is 0.300. The first-order valence-corrected chi connectivity index (χ1v) is 5.62. The van der Waals surface area contributed by atoms with E-state index in [1.807, 2.05) is 0 Å². The number of carbonyl (C=O) groups is 2. The molecular weight excluding hydrogens is 230 g/mol. The van der Waals surface area contributed by atoms with Crippen molar-refractivity contribution < 1.29 is 19.4 Å². The first-order chi connectivity index (χ1) is 7.63. The Labute approximate surface area is 96.8 Å². The third-order valence-electron chi connectivity index (χ3n) is 1.68. The van der Waals surface area contributed by atoms with Crippen molar-refractivity contribution in [1.82, 2.24) is 4.98 Å². The van der Waals surface area contributed by atoms with Gasteiger partial charge in [-0.3, -0.25) is 4.79 Å². The summed E-state index contributed by atoms with van der Waals surface area (Å²) >= 11 is 1.23. The van der Waals surface area contributed by atoms with E-state index < -0.39 is 11.9 Å². The Bertz CT molecular complexity index is 394. The number of thioether (sulfide) groups is 1. The van der Waals surface area contributed by atoms with E-state index in [2.05, 4.69) is 9.72 Å². The van der Waals surface area contributed by atoms with E-state index in [1.54, 1.807) is 18.2 Å². The normalized spacial score (nSPS) is 9.81. The summed E-state index contributed by atoms with van der Waals surface area (Å²) in [7, 11) is 1.29. The molecule has 0 aromatic carbocycles. The molecule has 0 aliphatic carbocycles. The minimum Gasteiger partial charge on any atom is -0.481 e. The SMILES string of the molecule is COC(=O)c1cccc(CSCC(=O)O)n1. The van der Waals surface area contributed by atoms with Gasteiger partial charge in [0.25, 0.3) is 0 Å². The third kappa shape index (κ3) is 3.90. The second-order valence-electron chi connectivity index (χ2n) is 2.89. The van der Waals surface area contributed by atoms with Gasteiger partial charge in [0.1, 0.15) is 5.69 Å². The Balaban J connectivity index is 2.60. The van der Waals surface area contributed by atoms with Crippen molar-refractivity contribution in [3.05, 3.63) is 29.6 Å². The third-order valence-corrected chi connectivity index (χ3v) is 2.63. The smallest absolute Gasteiger partial charge is 0.356 e. The van der Waals surface area contributed by atoms with Gasteiger partial charge in [0.15, 0.2) is 0 Å². The maximum absolute atomic E-state index is 11.2. The number of hydrogen-bond donors (Lipinski definition) is 1. The standard InChI is InChI=1S/C10H11NO4S/c1-15-10(14)8-4-2-3-7(11-8)5-16-6-9(12)13/h2-4H,5-6H2,1H3,(H,12,13). The predicted octanol–water partition coefficient (Wildman–Crippen LogP) is 1.19. The quantitative estimate of drug-likeness (QED) is 0.780. The second-order valence-corrected chi connectivity index (χ2v) is 3.88. The summed E-state index contributed by atoms with van der Waals surface area (Å²) in [5.74, 6) is -0.888. The van der Waals surface area contributed by atoms with Crippen LogP contribution in [-0.4, -0.2) is 34.9 Å². The van der Waals surface area contributed by atoms with Crippen LogP contribution in [0, 0.1) is 0 Å². The summed E-state index contributed by atoms with van der Waals surface area (Å²) < 4.78 is 4.53. The molecule has 86 valence electrons. The van der Waals surface area contributed by atoms with Crippen molar-refractivity contribution in [3.63, 3.8) is 0 Å². The minimum atomic E-state index is -0.867. The molecule has 0 aliphatic heterocycles. The molecule has 0 amide bonds. The number of aliphatic carboxylic acids is 1. The number of carbonyl (C=O) groups excluding carboxylic acids is 1. The molecule has 0 atom stereocenters. The highest BCUT2D eigenvalue weighted by atomic mass is 32.2. The van der Waals surface area contributed by atoms with Crippen LogP contribution < -0.4 is 0 Å². The van der Waals surface area contributed by atoms with Gasteiger partial charge in [-0.25, -0.2) is 9.78 Å².